The third-order valence-electron chi connectivity index (χ3n) is 2.65. The van der Waals surface area contributed by atoms with Crippen LogP contribution in [0.5, 0.6) is 0 Å². The molecule has 124 valence electrons. The summed E-state index contributed by atoms with van der Waals surface area (Å²) in [6.07, 6.45) is -4.38. The van der Waals surface area contributed by atoms with Crippen molar-refractivity contribution in [2.75, 3.05) is 5.32 Å². The average Bonchev–Trinajstić information content (AvgIpc) is 2.51. The number of nitrogens with one attached hydrogen (secondary N) is 1. The lowest BCUT2D eigenvalue weighted by Crippen LogP contribution is -2.04. The van der Waals surface area contributed by atoms with Gasteiger partial charge >= 0.3 is 6.18 Å². The first-order valence-electron chi connectivity index (χ1n) is 6.65. The topological polar surface area (TPSA) is 55.2 Å². The van der Waals surface area contributed by atoms with Crippen LogP contribution in [0.3, 0.4) is 0 Å². The summed E-state index contributed by atoms with van der Waals surface area (Å²) in [5.74, 6) is 0. The molecule has 0 saturated carbocycles. The maximum atomic E-state index is 12.4. The highest BCUT2D eigenvalue weighted by Gasteiger charge is 2.29. The van der Waals surface area contributed by atoms with Crippen LogP contribution >= 0.6 is 15.9 Å². The number of alkyl halides is 3. The molecule has 1 N–H and O–H groups in total. The summed E-state index contributed by atoms with van der Waals surface area (Å²) in [4.78, 5) is 10.1. The predicted molar refractivity (Wildman–Crippen MR) is 86.9 cm³/mol. The lowest BCUT2D eigenvalue weighted by Gasteiger charge is -2.10. The number of hydrogen-bond acceptors (Lipinski definition) is 3. The molecule has 4 nitrogen and oxygen atoms in total. The molecular weight excluding hydrogens is 377 g/mol. The molecule has 0 aliphatic rings. The zero-order valence-electron chi connectivity index (χ0n) is 12.3. The van der Waals surface area contributed by atoms with Gasteiger partial charge in [0.15, 0.2) is 0 Å². The summed E-state index contributed by atoms with van der Waals surface area (Å²) in [6, 6.07) is 8.58. The van der Waals surface area contributed by atoms with Crippen molar-refractivity contribution in [3.05, 3.63) is 62.6 Å². The Morgan fingerprint density at radius 2 is 1.65 bits per heavy atom. The van der Waals surface area contributed by atoms with Crippen LogP contribution in [0.25, 0.3) is 0 Å². The number of benzene rings is 2. The Labute approximate surface area is 139 Å². The van der Waals surface area contributed by atoms with Crippen molar-refractivity contribution in [1.82, 2.24) is 0 Å². The number of anilines is 2. The Kier molecular flexibility index (Phi) is 6.56. The van der Waals surface area contributed by atoms with Crippen molar-refractivity contribution in [3.8, 4) is 0 Å². The Bertz CT molecular complexity index is 673. The molecule has 8 heteroatoms. The quantitative estimate of drug-likeness (QED) is 0.505. The fourth-order valence-corrected chi connectivity index (χ4v) is 2.08. The minimum absolute atomic E-state index is 0.0835. The second kappa shape index (κ2) is 7.96. The van der Waals surface area contributed by atoms with E-state index in [4.69, 9.17) is 0 Å². The molecule has 0 heterocycles. The van der Waals surface area contributed by atoms with Gasteiger partial charge in [-0.25, -0.2) is 0 Å². The number of nitrogens with zero attached hydrogens (tertiary/aromatic N) is 1. The number of rotatable bonds is 3. The fourth-order valence-electron chi connectivity index (χ4n) is 1.62. The summed E-state index contributed by atoms with van der Waals surface area (Å²) in [6.45, 7) is 4.00. The van der Waals surface area contributed by atoms with E-state index in [2.05, 4.69) is 21.2 Å². The van der Waals surface area contributed by atoms with Crippen LogP contribution in [-0.2, 0) is 6.18 Å². The van der Waals surface area contributed by atoms with E-state index in [0.717, 1.165) is 12.1 Å². The summed E-state index contributed by atoms with van der Waals surface area (Å²) in [7, 11) is 0. The molecule has 0 unspecified atom stereocenters. The molecule has 2 rings (SSSR count). The number of halogens is 4. The minimum Gasteiger partial charge on any atom is -0.355 e. The van der Waals surface area contributed by atoms with E-state index in [0.29, 0.717) is 15.8 Å². The third kappa shape index (κ3) is 5.24. The summed E-state index contributed by atoms with van der Waals surface area (Å²) in [5, 5.41) is 13.5. The first-order chi connectivity index (χ1) is 10.8. The van der Waals surface area contributed by atoms with Gasteiger partial charge < -0.3 is 5.32 Å². The van der Waals surface area contributed by atoms with Crippen molar-refractivity contribution >= 4 is 33.0 Å². The average molecular weight is 391 g/mol. The standard InChI is InChI=1S/C13H8BrF3N2O2.C2H6/c14-11-7-10(19(20)21)5-6-12(11)18-9-3-1-8(2-4-9)13(15,16)17;1-2/h1-7,18H;1-2H3. The Balaban J connectivity index is 0.00000127. The Hall–Kier alpha value is -2.09. The maximum absolute atomic E-state index is 12.4. The highest BCUT2D eigenvalue weighted by atomic mass is 79.9. The van der Waals surface area contributed by atoms with Gasteiger partial charge in [0.25, 0.3) is 5.69 Å². The zero-order chi connectivity index (χ0) is 17.6. The van der Waals surface area contributed by atoms with E-state index >= 15 is 0 Å². The van der Waals surface area contributed by atoms with Gasteiger partial charge in [-0.3, -0.25) is 10.1 Å². The molecule has 0 spiro atoms. The number of nitro groups is 1. The molecule has 0 aromatic heterocycles. The molecule has 0 bridgehead atoms. The molecular formula is C15H14BrF3N2O2. The summed E-state index contributed by atoms with van der Waals surface area (Å²) >= 11 is 3.17. The highest BCUT2D eigenvalue weighted by molar-refractivity contribution is 9.10. The first-order valence-corrected chi connectivity index (χ1v) is 7.45. The fraction of sp³-hybridized carbons (Fsp3) is 0.200. The molecule has 2 aromatic carbocycles. The molecule has 0 radical (unpaired) electrons. The first kappa shape index (κ1) is 19.0. The van der Waals surface area contributed by atoms with Gasteiger partial charge in [0.1, 0.15) is 0 Å². The van der Waals surface area contributed by atoms with E-state index in [1.54, 1.807) is 0 Å². The highest BCUT2D eigenvalue weighted by Crippen LogP contribution is 2.32. The SMILES string of the molecule is CC.O=[N+]([O-])c1ccc(Nc2ccc(C(F)(F)F)cc2)c(Br)c1. The second-order valence-electron chi connectivity index (χ2n) is 4.12. The van der Waals surface area contributed by atoms with Crippen LogP contribution < -0.4 is 5.32 Å². The van der Waals surface area contributed by atoms with Crippen molar-refractivity contribution in [2.24, 2.45) is 0 Å². The van der Waals surface area contributed by atoms with Crippen molar-refractivity contribution in [2.45, 2.75) is 20.0 Å². The van der Waals surface area contributed by atoms with E-state index in [1.807, 2.05) is 13.8 Å². The Morgan fingerprint density at radius 3 is 2.09 bits per heavy atom. The molecule has 0 fully saturated rings. The molecule has 0 aliphatic carbocycles. The Morgan fingerprint density at radius 1 is 1.09 bits per heavy atom. The summed E-state index contributed by atoms with van der Waals surface area (Å²) in [5.41, 5.74) is 0.133. The van der Waals surface area contributed by atoms with Crippen LogP contribution in [0, 0.1) is 10.1 Å². The van der Waals surface area contributed by atoms with Gasteiger partial charge in [-0.05, 0) is 46.3 Å². The molecule has 0 atom stereocenters. The maximum Gasteiger partial charge on any atom is 0.416 e. The lowest BCUT2D eigenvalue weighted by atomic mass is 10.2. The smallest absolute Gasteiger partial charge is 0.355 e. The predicted octanol–water partition coefficient (Wildman–Crippen LogP) is 6.15. The summed E-state index contributed by atoms with van der Waals surface area (Å²) < 4.78 is 37.8. The van der Waals surface area contributed by atoms with E-state index in [-0.39, 0.29) is 5.69 Å². The zero-order valence-corrected chi connectivity index (χ0v) is 13.9. The third-order valence-corrected chi connectivity index (χ3v) is 3.31. The number of non-ortho nitro benzene ring substituents is 1. The van der Waals surface area contributed by atoms with E-state index in [9.17, 15) is 23.3 Å². The van der Waals surface area contributed by atoms with Crippen molar-refractivity contribution in [1.29, 1.82) is 0 Å². The largest absolute Gasteiger partial charge is 0.416 e. The molecule has 0 amide bonds. The van der Waals surface area contributed by atoms with Crippen LogP contribution in [0.4, 0.5) is 30.2 Å². The van der Waals surface area contributed by atoms with E-state index in [1.165, 1.54) is 30.3 Å². The second-order valence-corrected chi connectivity index (χ2v) is 4.98. The van der Waals surface area contributed by atoms with Crippen LogP contribution in [0.15, 0.2) is 46.9 Å². The van der Waals surface area contributed by atoms with Crippen LogP contribution in [0.1, 0.15) is 19.4 Å². The van der Waals surface area contributed by atoms with Gasteiger partial charge in [0.05, 0.1) is 16.2 Å². The molecule has 2 aromatic rings. The van der Waals surface area contributed by atoms with Gasteiger partial charge in [-0.2, -0.15) is 13.2 Å². The molecule has 0 aliphatic heterocycles. The van der Waals surface area contributed by atoms with E-state index < -0.39 is 16.7 Å². The van der Waals surface area contributed by atoms with Gasteiger partial charge in [-0.15, -0.1) is 0 Å². The number of hydrogen-bond donors (Lipinski definition) is 1. The van der Waals surface area contributed by atoms with Crippen molar-refractivity contribution in [3.63, 3.8) is 0 Å². The minimum atomic E-state index is -4.38. The van der Waals surface area contributed by atoms with Gasteiger partial charge in [-0.1, -0.05) is 13.8 Å². The lowest BCUT2D eigenvalue weighted by molar-refractivity contribution is -0.384. The van der Waals surface area contributed by atoms with Gasteiger partial charge in [0.2, 0.25) is 0 Å². The normalized spacial score (nSPS) is 10.5. The van der Waals surface area contributed by atoms with Crippen molar-refractivity contribution < 1.29 is 18.1 Å². The van der Waals surface area contributed by atoms with Crippen LogP contribution in [0.2, 0.25) is 0 Å². The van der Waals surface area contributed by atoms with Gasteiger partial charge in [0, 0.05) is 22.3 Å². The monoisotopic (exact) mass is 390 g/mol. The molecule has 23 heavy (non-hydrogen) atoms. The molecule has 0 saturated heterocycles. The van der Waals surface area contributed by atoms with Crippen LogP contribution in [-0.4, -0.2) is 4.92 Å². The number of nitro benzene ring substituents is 1.